The van der Waals surface area contributed by atoms with Gasteiger partial charge in [-0.05, 0) is 12.3 Å². The number of carbonyl (C=O) groups is 1. The van der Waals surface area contributed by atoms with Crippen molar-refractivity contribution in [1.29, 1.82) is 0 Å². The van der Waals surface area contributed by atoms with Crippen molar-refractivity contribution in [3.63, 3.8) is 0 Å². The molecule has 2 rings (SSSR count). The van der Waals surface area contributed by atoms with Gasteiger partial charge in [0, 0.05) is 25.2 Å². The number of aromatic nitrogens is 2. The number of hydrogen-bond acceptors (Lipinski definition) is 4. The smallest absolute Gasteiger partial charge is 0.265 e. The zero-order valence-electron chi connectivity index (χ0n) is 10.7. The largest absolute Gasteiger partial charge is 0.391 e. The van der Waals surface area contributed by atoms with E-state index in [4.69, 9.17) is 0 Å². The summed E-state index contributed by atoms with van der Waals surface area (Å²) >= 11 is 0. The average Bonchev–Trinajstić information content (AvgIpc) is 2.37. The number of likely N-dealkylation sites (tertiary alicyclic amines) is 1. The highest BCUT2D eigenvalue weighted by Gasteiger charge is 2.27. The maximum atomic E-state index is 12.0. The van der Waals surface area contributed by atoms with Crippen LogP contribution in [0.1, 0.15) is 13.3 Å². The Balaban J connectivity index is 2.07. The summed E-state index contributed by atoms with van der Waals surface area (Å²) in [6.07, 6.45) is 0.192. The number of amides is 1. The lowest BCUT2D eigenvalue weighted by atomic mass is 9.96. The molecule has 1 amide bonds. The van der Waals surface area contributed by atoms with Gasteiger partial charge in [-0.3, -0.25) is 19.5 Å². The fourth-order valence-corrected chi connectivity index (χ4v) is 2.09. The number of rotatable bonds is 2. The first-order chi connectivity index (χ1) is 8.97. The third kappa shape index (κ3) is 3.11. The summed E-state index contributed by atoms with van der Waals surface area (Å²) in [7, 11) is 0. The number of piperidine rings is 1. The topological polar surface area (TPSA) is 95.4 Å². The van der Waals surface area contributed by atoms with Crippen molar-refractivity contribution in [2.75, 3.05) is 13.1 Å². The molecule has 104 valence electrons. The first-order valence-corrected chi connectivity index (χ1v) is 6.23. The molecule has 1 saturated heterocycles. The molecule has 19 heavy (non-hydrogen) atoms. The molecule has 7 heteroatoms. The summed E-state index contributed by atoms with van der Waals surface area (Å²) in [6, 6.07) is 2.24. The van der Waals surface area contributed by atoms with Crippen LogP contribution in [-0.2, 0) is 11.3 Å². The lowest BCUT2D eigenvalue weighted by Gasteiger charge is -2.34. The molecule has 1 fully saturated rings. The van der Waals surface area contributed by atoms with Crippen molar-refractivity contribution in [1.82, 2.24) is 14.7 Å². The van der Waals surface area contributed by atoms with E-state index in [1.807, 2.05) is 6.92 Å². The van der Waals surface area contributed by atoms with Gasteiger partial charge >= 0.3 is 0 Å². The molecule has 0 saturated carbocycles. The van der Waals surface area contributed by atoms with Crippen LogP contribution in [-0.4, -0.2) is 44.9 Å². The van der Waals surface area contributed by atoms with Crippen LogP contribution in [0.25, 0.3) is 0 Å². The quantitative estimate of drug-likeness (QED) is 0.701. The molecule has 1 aromatic rings. The van der Waals surface area contributed by atoms with E-state index >= 15 is 0 Å². The van der Waals surface area contributed by atoms with E-state index in [0.29, 0.717) is 6.54 Å². The van der Waals surface area contributed by atoms with E-state index in [2.05, 4.69) is 5.10 Å². The molecular formula is C12H17N3O4. The van der Waals surface area contributed by atoms with Crippen molar-refractivity contribution >= 4 is 5.91 Å². The summed E-state index contributed by atoms with van der Waals surface area (Å²) in [5, 5.41) is 12.0. The second-order valence-electron chi connectivity index (χ2n) is 4.91. The highest BCUT2D eigenvalue weighted by Crippen LogP contribution is 2.16. The summed E-state index contributed by atoms with van der Waals surface area (Å²) in [6.45, 7) is 2.55. The van der Waals surface area contributed by atoms with Crippen LogP contribution in [0.2, 0.25) is 0 Å². The predicted molar refractivity (Wildman–Crippen MR) is 67.7 cm³/mol. The maximum Gasteiger partial charge on any atom is 0.265 e. The van der Waals surface area contributed by atoms with Crippen molar-refractivity contribution in [3.8, 4) is 0 Å². The molecule has 1 aliphatic rings. The van der Waals surface area contributed by atoms with Crippen LogP contribution >= 0.6 is 0 Å². The van der Waals surface area contributed by atoms with Gasteiger partial charge in [0.25, 0.3) is 11.1 Å². The zero-order chi connectivity index (χ0) is 14.0. The van der Waals surface area contributed by atoms with Gasteiger partial charge < -0.3 is 10.0 Å². The van der Waals surface area contributed by atoms with E-state index < -0.39 is 17.2 Å². The molecule has 0 aromatic carbocycles. The summed E-state index contributed by atoms with van der Waals surface area (Å²) in [5.74, 6) is -0.113. The Morgan fingerprint density at radius 1 is 1.47 bits per heavy atom. The fourth-order valence-electron chi connectivity index (χ4n) is 2.09. The lowest BCUT2D eigenvalue weighted by molar-refractivity contribution is -0.136. The normalized spacial score (nSPS) is 23.4. The highest BCUT2D eigenvalue weighted by molar-refractivity contribution is 5.76. The number of nitrogens with zero attached hydrogens (tertiary/aromatic N) is 2. The molecule has 0 aliphatic carbocycles. The number of H-pyrrole nitrogens is 1. The number of aliphatic hydroxyl groups excluding tert-OH is 1. The highest BCUT2D eigenvalue weighted by atomic mass is 16.3. The average molecular weight is 267 g/mol. The van der Waals surface area contributed by atoms with Gasteiger partial charge in [-0.1, -0.05) is 6.92 Å². The lowest BCUT2D eigenvalue weighted by Crippen LogP contribution is -2.48. The number of nitrogens with one attached hydrogen (secondary N) is 1. The Labute approximate surface area is 109 Å². The number of hydrogen-bond donors (Lipinski definition) is 2. The van der Waals surface area contributed by atoms with E-state index in [-0.39, 0.29) is 24.9 Å². The Hall–Kier alpha value is -1.89. The molecule has 2 unspecified atom stereocenters. The number of β-amino-alcohol motifs (C(OH)–C–C–N with tert-alkyl or cyclic N) is 1. The third-order valence-electron chi connectivity index (χ3n) is 3.45. The van der Waals surface area contributed by atoms with E-state index in [1.165, 1.54) is 4.90 Å². The summed E-state index contributed by atoms with van der Waals surface area (Å²) in [5.41, 5.74) is -0.862. The van der Waals surface area contributed by atoms with Gasteiger partial charge in [-0.15, -0.1) is 0 Å². The van der Waals surface area contributed by atoms with Gasteiger partial charge in [-0.2, -0.15) is 0 Å². The molecule has 2 heterocycles. The van der Waals surface area contributed by atoms with E-state index in [9.17, 15) is 19.5 Å². The molecule has 0 radical (unpaired) electrons. The van der Waals surface area contributed by atoms with Crippen LogP contribution in [0.5, 0.6) is 0 Å². The third-order valence-corrected chi connectivity index (χ3v) is 3.45. The minimum absolute atomic E-state index is 0.170. The minimum atomic E-state index is -0.538. The van der Waals surface area contributed by atoms with Crippen LogP contribution in [0.4, 0.5) is 0 Å². The van der Waals surface area contributed by atoms with Crippen molar-refractivity contribution in [3.05, 3.63) is 32.8 Å². The summed E-state index contributed by atoms with van der Waals surface area (Å²) < 4.78 is 0.981. The van der Waals surface area contributed by atoms with Gasteiger partial charge in [0.2, 0.25) is 5.91 Å². The molecule has 1 aromatic heterocycles. The van der Waals surface area contributed by atoms with Gasteiger partial charge in [0.1, 0.15) is 6.54 Å². The van der Waals surface area contributed by atoms with Gasteiger partial charge in [-0.25, -0.2) is 4.68 Å². The molecular weight excluding hydrogens is 250 g/mol. The van der Waals surface area contributed by atoms with Crippen LogP contribution < -0.4 is 11.1 Å². The Bertz CT molecular complexity index is 577. The molecule has 0 spiro atoms. The van der Waals surface area contributed by atoms with Gasteiger partial charge in [0.15, 0.2) is 0 Å². The second kappa shape index (κ2) is 5.40. The van der Waals surface area contributed by atoms with Crippen molar-refractivity contribution < 1.29 is 9.90 Å². The fraction of sp³-hybridized carbons (Fsp3) is 0.583. The number of carbonyl (C=O) groups excluding carboxylic acids is 1. The zero-order valence-corrected chi connectivity index (χ0v) is 10.7. The van der Waals surface area contributed by atoms with Crippen molar-refractivity contribution in [2.45, 2.75) is 26.0 Å². The monoisotopic (exact) mass is 267 g/mol. The Morgan fingerprint density at radius 3 is 2.89 bits per heavy atom. The number of aliphatic hydroxyl groups is 1. The maximum absolute atomic E-state index is 12.0. The Morgan fingerprint density at radius 2 is 2.21 bits per heavy atom. The molecule has 1 aliphatic heterocycles. The molecule has 7 nitrogen and oxygen atoms in total. The van der Waals surface area contributed by atoms with Gasteiger partial charge in [0.05, 0.1) is 6.10 Å². The van der Waals surface area contributed by atoms with Crippen molar-refractivity contribution in [2.24, 2.45) is 5.92 Å². The van der Waals surface area contributed by atoms with Crippen LogP contribution in [0.15, 0.2) is 21.7 Å². The summed E-state index contributed by atoms with van der Waals surface area (Å²) in [4.78, 5) is 36.1. The molecule has 0 bridgehead atoms. The first kappa shape index (κ1) is 13.5. The Kier molecular flexibility index (Phi) is 3.84. The standard InChI is InChI=1S/C12H17N3O4/c1-8-4-5-14(6-9(8)16)12(19)7-15-11(18)3-2-10(17)13-15/h2-3,8-9,16H,4-7H2,1H3,(H,13,17). The molecule has 2 atom stereocenters. The minimum Gasteiger partial charge on any atom is -0.391 e. The SMILES string of the molecule is CC1CCN(C(=O)Cn2[nH]c(=O)ccc2=O)CC1O. The second-order valence-corrected chi connectivity index (χ2v) is 4.91. The first-order valence-electron chi connectivity index (χ1n) is 6.23. The van der Waals surface area contributed by atoms with E-state index in [0.717, 1.165) is 23.2 Å². The van der Waals surface area contributed by atoms with Crippen LogP contribution in [0.3, 0.4) is 0 Å². The molecule has 2 N–H and O–H groups in total. The predicted octanol–water partition coefficient (Wildman–Crippen LogP) is -1.23. The number of aromatic amines is 1. The van der Waals surface area contributed by atoms with E-state index in [1.54, 1.807) is 0 Å². The van der Waals surface area contributed by atoms with Crippen LogP contribution in [0, 0.1) is 5.92 Å².